The van der Waals surface area contributed by atoms with Gasteiger partial charge >= 0.3 is 6.18 Å². The maximum absolute atomic E-state index is 12.9. The van der Waals surface area contributed by atoms with Crippen molar-refractivity contribution in [3.05, 3.63) is 83.4 Å². The van der Waals surface area contributed by atoms with E-state index in [1.807, 2.05) is 12.1 Å². The van der Waals surface area contributed by atoms with Gasteiger partial charge in [0, 0.05) is 0 Å². The predicted octanol–water partition coefficient (Wildman–Crippen LogP) is 7.56. The largest absolute Gasteiger partial charge is 0.416 e. The highest BCUT2D eigenvalue weighted by Gasteiger charge is 2.30. The molecule has 0 heterocycles. The van der Waals surface area contributed by atoms with Crippen LogP contribution in [0.3, 0.4) is 0 Å². The summed E-state index contributed by atoms with van der Waals surface area (Å²) in [5.74, 6) is 0. The molecule has 1 aliphatic rings. The van der Waals surface area contributed by atoms with Crippen molar-refractivity contribution in [2.45, 2.75) is 31.9 Å². The summed E-state index contributed by atoms with van der Waals surface area (Å²) in [7, 11) is 0. The average Bonchev–Trinajstić information content (AvgIpc) is 2.72. The van der Waals surface area contributed by atoms with Crippen LogP contribution in [0.1, 0.15) is 29.5 Å². The molecule has 4 aromatic rings. The third kappa shape index (κ3) is 2.77. The summed E-state index contributed by atoms with van der Waals surface area (Å²) >= 11 is 0. The van der Waals surface area contributed by atoms with Gasteiger partial charge in [-0.05, 0) is 81.6 Å². The summed E-state index contributed by atoms with van der Waals surface area (Å²) in [6.45, 7) is 0. The summed E-state index contributed by atoms with van der Waals surface area (Å²) in [6, 6.07) is 20.3. The van der Waals surface area contributed by atoms with Gasteiger partial charge in [-0.15, -0.1) is 0 Å². The third-order valence-electron chi connectivity index (χ3n) is 5.91. The molecule has 4 aromatic carbocycles. The first kappa shape index (κ1) is 17.3. The predicted molar refractivity (Wildman–Crippen MR) is 109 cm³/mol. The number of aryl methyl sites for hydroxylation is 2. The van der Waals surface area contributed by atoms with E-state index in [0.29, 0.717) is 0 Å². The minimum atomic E-state index is -4.31. The Balaban J connectivity index is 1.70. The van der Waals surface area contributed by atoms with Crippen LogP contribution in [0.25, 0.3) is 32.7 Å². The Hall–Kier alpha value is -2.81. The van der Waals surface area contributed by atoms with Gasteiger partial charge in [-0.1, -0.05) is 54.6 Å². The monoisotopic (exact) mass is 376 g/mol. The molecule has 0 saturated heterocycles. The van der Waals surface area contributed by atoms with Crippen molar-refractivity contribution in [3.8, 4) is 11.1 Å². The molecule has 3 heteroatoms. The second-order valence-corrected chi connectivity index (χ2v) is 7.55. The molecule has 0 bridgehead atoms. The van der Waals surface area contributed by atoms with Crippen molar-refractivity contribution in [1.29, 1.82) is 0 Å². The zero-order valence-corrected chi connectivity index (χ0v) is 15.3. The lowest BCUT2D eigenvalue weighted by atomic mass is 9.85. The van der Waals surface area contributed by atoms with Crippen LogP contribution in [0, 0.1) is 0 Å². The molecule has 0 N–H and O–H groups in total. The topological polar surface area (TPSA) is 0 Å². The zero-order valence-electron chi connectivity index (χ0n) is 15.3. The maximum atomic E-state index is 12.9. The maximum Gasteiger partial charge on any atom is 0.416 e. The van der Waals surface area contributed by atoms with Gasteiger partial charge in [-0.3, -0.25) is 0 Å². The first-order valence-corrected chi connectivity index (χ1v) is 9.66. The fourth-order valence-corrected chi connectivity index (χ4v) is 4.52. The van der Waals surface area contributed by atoms with Crippen LogP contribution in [0.15, 0.2) is 66.7 Å². The van der Waals surface area contributed by atoms with Crippen LogP contribution in [0.2, 0.25) is 0 Å². The van der Waals surface area contributed by atoms with Crippen molar-refractivity contribution in [2.75, 3.05) is 0 Å². The van der Waals surface area contributed by atoms with Gasteiger partial charge in [0.2, 0.25) is 0 Å². The Kier molecular flexibility index (Phi) is 3.94. The Morgan fingerprint density at radius 2 is 1.29 bits per heavy atom. The van der Waals surface area contributed by atoms with Crippen LogP contribution in [-0.2, 0) is 19.0 Å². The van der Waals surface area contributed by atoms with E-state index in [1.165, 1.54) is 34.7 Å². The molecule has 28 heavy (non-hydrogen) atoms. The molecule has 0 spiro atoms. The second kappa shape index (κ2) is 6.37. The van der Waals surface area contributed by atoms with E-state index in [4.69, 9.17) is 0 Å². The van der Waals surface area contributed by atoms with Crippen LogP contribution in [0.5, 0.6) is 0 Å². The van der Waals surface area contributed by atoms with Crippen molar-refractivity contribution < 1.29 is 13.2 Å². The molecule has 0 radical (unpaired) electrons. The summed E-state index contributed by atoms with van der Waals surface area (Å²) in [5, 5.41) is 4.77. The molecule has 0 unspecified atom stereocenters. The Labute approximate surface area is 161 Å². The molecule has 1 aliphatic carbocycles. The average molecular weight is 376 g/mol. The Morgan fingerprint density at radius 1 is 0.607 bits per heavy atom. The highest BCUT2D eigenvalue weighted by Crippen LogP contribution is 2.37. The number of fused-ring (bicyclic) bond motifs is 5. The smallest absolute Gasteiger partial charge is 0.166 e. The minimum Gasteiger partial charge on any atom is -0.166 e. The van der Waals surface area contributed by atoms with Crippen LogP contribution < -0.4 is 0 Å². The molecule has 0 atom stereocenters. The van der Waals surface area contributed by atoms with Gasteiger partial charge in [-0.2, -0.15) is 13.2 Å². The van der Waals surface area contributed by atoms with E-state index >= 15 is 0 Å². The van der Waals surface area contributed by atoms with Gasteiger partial charge < -0.3 is 0 Å². The van der Waals surface area contributed by atoms with E-state index < -0.39 is 11.7 Å². The normalized spacial score (nSPS) is 14.4. The van der Waals surface area contributed by atoms with Crippen molar-refractivity contribution in [3.63, 3.8) is 0 Å². The molecule has 0 saturated carbocycles. The molecule has 0 aromatic heterocycles. The first-order valence-electron chi connectivity index (χ1n) is 9.66. The molecule has 5 rings (SSSR count). The molecule has 0 amide bonds. The van der Waals surface area contributed by atoms with Crippen molar-refractivity contribution in [1.82, 2.24) is 0 Å². The van der Waals surface area contributed by atoms with Gasteiger partial charge in [0.25, 0.3) is 0 Å². The van der Waals surface area contributed by atoms with E-state index in [-0.39, 0.29) is 0 Å². The molecular formula is C25H19F3. The van der Waals surface area contributed by atoms with Gasteiger partial charge in [0.05, 0.1) is 5.56 Å². The lowest BCUT2D eigenvalue weighted by molar-refractivity contribution is -0.137. The number of hydrogen-bond acceptors (Lipinski definition) is 0. The lowest BCUT2D eigenvalue weighted by Crippen LogP contribution is -2.04. The van der Waals surface area contributed by atoms with Crippen LogP contribution >= 0.6 is 0 Å². The quantitative estimate of drug-likeness (QED) is 0.301. The number of alkyl halides is 3. The molecular weight excluding hydrogens is 357 g/mol. The molecule has 0 fully saturated rings. The highest BCUT2D eigenvalue weighted by atomic mass is 19.4. The highest BCUT2D eigenvalue weighted by molar-refractivity contribution is 6.13. The summed E-state index contributed by atoms with van der Waals surface area (Å²) in [5.41, 5.74) is 4.07. The van der Waals surface area contributed by atoms with Crippen molar-refractivity contribution >= 4 is 21.5 Å². The lowest BCUT2D eigenvalue weighted by Gasteiger charge is -2.19. The van der Waals surface area contributed by atoms with E-state index in [0.717, 1.165) is 46.9 Å². The van der Waals surface area contributed by atoms with Gasteiger partial charge in [-0.25, -0.2) is 0 Å². The first-order chi connectivity index (χ1) is 13.5. The van der Waals surface area contributed by atoms with Crippen LogP contribution in [-0.4, -0.2) is 0 Å². The molecule has 0 nitrogen and oxygen atoms in total. The van der Waals surface area contributed by atoms with Crippen LogP contribution in [0.4, 0.5) is 13.2 Å². The van der Waals surface area contributed by atoms with E-state index in [2.05, 4.69) is 30.3 Å². The fourth-order valence-electron chi connectivity index (χ4n) is 4.52. The SMILES string of the molecule is FC(F)(F)c1ccc(-c2cccc3c2ccc2c4c(ccc23)CCCC4)cc1. The summed E-state index contributed by atoms with van der Waals surface area (Å²) in [4.78, 5) is 0. The fraction of sp³-hybridized carbons (Fsp3) is 0.200. The van der Waals surface area contributed by atoms with Crippen molar-refractivity contribution in [2.24, 2.45) is 0 Å². The third-order valence-corrected chi connectivity index (χ3v) is 5.91. The molecule has 0 aliphatic heterocycles. The van der Waals surface area contributed by atoms with Gasteiger partial charge in [0.1, 0.15) is 0 Å². The van der Waals surface area contributed by atoms with E-state index in [1.54, 1.807) is 12.1 Å². The number of hydrogen-bond donors (Lipinski definition) is 0. The number of halogens is 3. The zero-order chi connectivity index (χ0) is 19.3. The Morgan fingerprint density at radius 3 is 2.07 bits per heavy atom. The minimum absolute atomic E-state index is 0.617. The Bertz CT molecular complexity index is 1180. The van der Waals surface area contributed by atoms with E-state index in [9.17, 15) is 13.2 Å². The summed E-state index contributed by atoms with van der Waals surface area (Å²) in [6.07, 6.45) is 0.443. The molecule has 140 valence electrons. The van der Waals surface area contributed by atoms with Gasteiger partial charge in [0.15, 0.2) is 0 Å². The second-order valence-electron chi connectivity index (χ2n) is 7.55. The number of rotatable bonds is 1. The summed E-state index contributed by atoms with van der Waals surface area (Å²) < 4.78 is 38.7. The standard InChI is InChI=1S/C25H19F3/c26-25(27,28)18-11-8-17(9-12-18)20-6-3-7-21-22(20)14-15-23-19-5-2-1-4-16(19)10-13-24(21)23/h3,6-15H,1-2,4-5H2. The number of benzene rings is 4.